The van der Waals surface area contributed by atoms with Gasteiger partial charge >= 0.3 is 0 Å². The fourth-order valence-electron chi connectivity index (χ4n) is 1.16. The van der Waals surface area contributed by atoms with Gasteiger partial charge in [-0.1, -0.05) is 37.6 Å². The molecule has 0 aliphatic heterocycles. The molecule has 0 atom stereocenters. The summed E-state index contributed by atoms with van der Waals surface area (Å²) in [5.41, 5.74) is 2.26. The first kappa shape index (κ1) is 10.3. The van der Waals surface area contributed by atoms with Gasteiger partial charge in [-0.05, 0) is 24.5 Å². The van der Waals surface area contributed by atoms with Crippen LogP contribution in [0.3, 0.4) is 0 Å². The topological polar surface area (TPSA) is 9.23 Å². The molecule has 0 aromatic heterocycles. The summed E-state index contributed by atoms with van der Waals surface area (Å²) < 4.78 is 5.49. The zero-order valence-corrected chi connectivity index (χ0v) is 8.25. The van der Waals surface area contributed by atoms with E-state index in [-0.39, 0.29) is 0 Å². The molecule has 13 heavy (non-hydrogen) atoms. The van der Waals surface area contributed by atoms with Gasteiger partial charge in [-0.15, -0.1) is 0 Å². The van der Waals surface area contributed by atoms with E-state index < -0.39 is 0 Å². The first-order valence-electron chi connectivity index (χ1n) is 4.81. The van der Waals surface area contributed by atoms with Crippen LogP contribution >= 0.6 is 0 Å². The molecule has 0 saturated carbocycles. The van der Waals surface area contributed by atoms with Crippen LogP contribution in [0.4, 0.5) is 0 Å². The molecule has 1 rings (SSSR count). The Labute approximate surface area is 80.7 Å². The Morgan fingerprint density at radius 2 is 2.23 bits per heavy atom. The predicted octanol–water partition coefficient (Wildman–Crippen LogP) is 3.19. The molecule has 0 heterocycles. The van der Waals surface area contributed by atoms with Crippen molar-refractivity contribution in [3.63, 3.8) is 0 Å². The van der Waals surface area contributed by atoms with E-state index in [1.807, 2.05) is 12.1 Å². The lowest BCUT2D eigenvalue weighted by atomic mass is 10.1. The Kier molecular flexibility index (Phi) is 4.55. The van der Waals surface area contributed by atoms with Gasteiger partial charge in [-0.2, -0.15) is 0 Å². The van der Waals surface area contributed by atoms with Crippen LogP contribution in [0.1, 0.15) is 30.9 Å². The highest BCUT2D eigenvalue weighted by Crippen LogP contribution is 2.05. The molecule has 0 saturated heterocycles. The van der Waals surface area contributed by atoms with Crippen molar-refractivity contribution in [2.75, 3.05) is 6.61 Å². The lowest BCUT2D eigenvalue weighted by Crippen LogP contribution is -1.94. The molecule has 0 fully saturated rings. The molecule has 0 aliphatic carbocycles. The molecule has 1 nitrogen and oxygen atoms in total. The van der Waals surface area contributed by atoms with E-state index >= 15 is 0 Å². The molecule has 71 valence electrons. The fraction of sp³-hybridized carbons (Fsp3) is 0.417. The van der Waals surface area contributed by atoms with Gasteiger partial charge in [-0.3, -0.25) is 0 Å². The van der Waals surface area contributed by atoms with Crippen molar-refractivity contribution in [1.29, 1.82) is 0 Å². The Morgan fingerprint density at radius 3 is 2.92 bits per heavy atom. The minimum absolute atomic E-state index is 0.712. The van der Waals surface area contributed by atoms with Crippen LogP contribution in [-0.4, -0.2) is 6.61 Å². The maximum Gasteiger partial charge on any atom is 0.0716 e. The highest BCUT2D eigenvalue weighted by Gasteiger charge is 1.92. The number of hydrogen-bond acceptors (Lipinski definition) is 1. The van der Waals surface area contributed by atoms with Crippen molar-refractivity contribution < 1.29 is 4.74 Å². The molecule has 1 aromatic rings. The SMILES string of the molecule is [CH2]c1cccc(COCCCC)c1. The summed E-state index contributed by atoms with van der Waals surface area (Å²) in [6, 6.07) is 8.14. The molecule has 1 radical (unpaired) electrons. The largest absolute Gasteiger partial charge is 0.377 e. The maximum absolute atomic E-state index is 5.49. The standard InChI is InChI=1S/C12H17O/c1-3-4-8-13-10-12-7-5-6-11(2)9-12/h5-7,9H,2-4,8,10H2,1H3. The second kappa shape index (κ2) is 5.76. The first-order valence-corrected chi connectivity index (χ1v) is 4.81. The second-order valence-electron chi connectivity index (χ2n) is 3.23. The predicted molar refractivity (Wildman–Crippen MR) is 55.5 cm³/mol. The Hall–Kier alpha value is -0.820. The normalized spacial score (nSPS) is 10.3. The fourth-order valence-corrected chi connectivity index (χ4v) is 1.16. The van der Waals surface area contributed by atoms with Crippen LogP contribution < -0.4 is 0 Å². The number of benzene rings is 1. The Morgan fingerprint density at radius 1 is 1.38 bits per heavy atom. The van der Waals surface area contributed by atoms with Gasteiger partial charge in [0.25, 0.3) is 0 Å². The maximum atomic E-state index is 5.49. The third-order valence-corrected chi connectivity index (χ3v) is 1.90. The zero-order chi connectivity index (χ0) is 9.52. The van der Waals surface area contributed by atoms with E-state index in [0.717, 1.165) is 18.6 Å². The molecule has 0 amide bonds. The van der Waals surface area contributed by atoms with Crippen molar-refractivity contribution in [3.8, 4) is 0 Å². The van der Waals surface area contributed by atoms with Crippen molar-refractivity contribution in [1.82, 2.24) is 0 Å². The first-order chi connectivity index (χ1) is 6.33. The summed E-state index contributed by atoms with van der Waals surface area (Å²) in [6.07, 6.45) is 2.33. The van der Waals surface area contributed by atoms with E-state index in [1.165, 1.54) is 12.0 Å². The Balaban J connectivity index is 2.28. The minimum Gasteiger partial charge on any atom is -0.377 e. The summed E-state index contributed by atoms with van der Waals surface area (Å²) >= 11 is 0. The quantitative estimate of drug-likeness (QED) is 0.628. The third kappa shape index (κ3) is 4.09. The molecular formula is C12H17O. The molecule has 1 heteroatoms. The molecular weight excluding hydrogens is 160 g/mol. The lowest BCUT2D eigenvalue weighted by Gasteiger charge is -2.03. The van der Waals surface area contributed by atoms with Gasteiger partial charge in [-0.25, -0.2) is 0 Å². The van der Waals surface area contributed by atoms with Crippen LogP contribution in [0, 0.1) is 6.92 Å². The van der Waals surface area contributed by atoms with E-state index in [2.05, 4.69) is 26.0 Å². The van der Waals surface area contributed by atoms with Gasteiger partial charge < -0.3 is 4.74 Å². The molecule has 1 aromatic carbocycles. The third-order valence-electron chi connectivity index (χ3n) is 1.90. The van der Waals surface area contributed by atoms with Gasteiger partial charge in [0.2, 0.25) is 0 Å². The van der Waals surface area contributed by atoms with Gasteiger partial charge in [0.1, 0.15) is 0 Å². The summed E-state index contributed by atoms with van der Waals surface area (Å²) in [5, 5.41) is 0. The van der Waals surface area contributed by atoms with Crippen molar-refractivity contribution >= 4 is 0 Å². The van der Waals surface area contributed by atoms with Crippen LogP contribution in [-0.2, 0) is 11.3 Å². The van der Waals surface area contributed by atoms with Crippen LogP contribution in [0.25, 0.3) is 0 Å². The molecule has 0 aliphatic rings. The van der Waals surface area contributed by atoms with E-state index in [0.29, 0.717) is 6.61 Å². The molecule has 0 spiro atoms. The average Bonchev–Trinajstić information content (AvgIpc) is 2.13. The smallest absolute Gasteiger partial charge is 0.0716 e. The van der Waals surface area contributed by atoms with E-state index in [1.54, 1.807) is 0 Å². The summed E-state index contributed by atoms with van der Waals surface area (Å²) in [5.74, 6) is 0. The summed E-state index contributed by atoms with van der Waals surface area (Å²) in [6.45, 7) is 7.61. The van der Waals surface area contributed by atoms with Crippen molar-refractivity contribution in [2.45, 2.75) is 26.4 Å². The van der Waals surface area contributed by atoms with E-state index in [9.17, 15) is 0 Å². The highest BCUT2D eigenvalue weighted by molar-refractivity contribution is 5.24. The van der Waals surface area contributed by atoms with Gasteiger partial charge in [0.15, 0.2) is 0 Å². The number of rotatable bonds is 5. The van der Waals surface area contributed by atoms with E-state index in [4.69, 9.17) is 4.74 Å². The minimum atomic E-state index is 0.712. The second-order valence-corrected chi connectivity index (χ2v) is 3.23. The number of unbranched alkanes of at least 4 members (excludes halogenated alkanes) is 1. The summed E-state index contributed by atoms with van der Waals surface area (Å²) in [4.78, 5) is 0. The van der Waals surface area contributed by atoms with Crippen LogP contribution in [0.15, 0.2) is 24.3 Å². The molecule has 0 N–H and O–H groups in total. The Bertz CT molecular complexity index is 243. The van der Waals surface area contributed by atoms with Gasteiger partial charge in [0.05, 0.1) is 6.61 Å². The monoisotopic (exact) mass is 177 g/mol. The average molecular weight is 177 g/mol. The number of ether oxygens (including phenoxy) is 1. The summed E-state index contributed by atoms with van der Waals surface area (Å²) in [7, 11) is 0. The zero-order valence-electron chi connectivity index (χ0n) is 8.25. The molecule has 0 unspecified atom stereocenters. The number of hydrogen-bond donors (Lipinski definition) is 0. The highest BCUT2D eigenvalue weighted by atomic mass is 16.5. The molecule has 0 bridgehead atoms. The van der Waals surface area contributed by atoms with Crippen LogP contribution in [0.2, 0.25) is 0 Å². The lowest BCUT2D eigenvalue weighted by molar-refractivity contribution is 0.118. The van der Waals surface area contributed by atoms with Gasteiger partial charge in [0, 0.05) is 6.61 Å². The van der Waals surface area contributed by atoms with Crippen molar-refractivity contribution in [3.05, 3.63) is 42.3 Å². The van der Waals surface area contributed by atoms with Crippen molar-refractivity contribution in [2.24, 2.45) is 0 Å². The van der Waals surface area contributed by atoms with Crippen LogP contribution in [0.5, 0.6) is 0 Å².